The van der Waals surface area contributed by atoms with Gasteiger partial charge in [0, 0.05) is 23.3 Å². The molecule has 1 saturated carbocycles. The van der Waals surface area contributed by atoms with E-state index in [4.69, 9.17) is 11.6 Å². The second-order valence-corrected chi connectivity index (χ2v) is 8.99. The molecule has 7 nitrogen and oxygen atoms in total. The minimum Gasteiger partial charge on any atom is -0.335 e. The first-order valence-corrected chi connectivity index (χ1v) is 11.3. The molecule has 0 bridgehead atoms. The number of carbonyl (C=O) groups excluding carboxylic acids is 2. The maximum Gasteiger partial charge on any atom is 0.318 e. The maximum absolute atomic E-state index is 12.8. The number of likely N-dealkylation sites (tertiary alicyclic amines) is 1. The van der Waals surface area contributed by atoms with Crippen molar-refractivity contribution < 1.29 is 9.59 Å². The Balaban J connectivity index is 1.40. The number of benzene rings is 1. The van der Waals surface area contributed by atoms with Crippen LogP contribution < -0.4 is 10.6 Å². The van der Waals surface area contributed by atoms with Crippen LogP contribution in [-0.4, -0.2) is 39.6 Å². The van der Waals surface area contributed by atoms with Gasteiger partial charge in [0.1, 0.15) is 5.01 Å². The van der Waals surface area contributed by atoms with Crippen LogP contribution in [0, 0.1) is 0 Å². The Labute approximate surface area is 178 Å². The molecule has 4 rings (SSSR count). The third-order valence-corrected chi connectivity index (χ3v) is 6.74. The van der Waals surface area contributed by atoms with E-state index in [1.165, 1.54) is 30.6 Å². The van der Waals surface area contributed by atoms with E-state index in [1.807, 2.05) is 4.90 Å². The normalized spacial score (nSPS) is 19.9. The van der Waals surface area contributed by atoms with Crippen molar-refractivity contribution in [1.29, 1.82) is 0 Å². The van der Waals surface area contributed by atoms with Gasteiger partial charge in [0.25, 0.3) is 5.91 Å². The number of nitrogens with one attached hydrogen (secondary N) is 2. The highest BCUT2D eigenvalue weighted by atomic mass is 35.5. The van der Waals surface area contributed by atoms with Crippen LogP contribution in [0.15, 0.2) is 24.3 Å². The van der Waals surface area contributed by atoms with Gasteiger partial charge in [-0.1, -0.05) is 42.2 Å². The van der Waals surface area contributed by atoms with Crippen LogP contribution >= 0.6 is 22.9 Å². The Kier molecular flexibility index (Phi) is 6.30. The minimum atomic E-state index is -0.313. The molecule has 1 aromatic carbocycles. The molecule has 9 heteroatoms. The first-order chi connectivity index (χ1) is 14.1. The van der Waals surface area contributed by atoms with Crippen LogP contribution in [0.2, 0.25) is 5.02 Å². The lowest BCUT2D eigenvalue weighted by atomic mass is 9.96. The highest BCUT2D eigenvalue weighted by molar-refractivity contribution is 7.13. The highest BCUT2D eigenvalue weighted by Gasteiger charge is 2.34. The number of hydrogen-bond acceptors (Lipinski definition) is 5. The van der Waals surface area contributed by atoms with Crippen LogP contribution in [-0.2, 0) is 0 Å². The number of hydrogen-bond donors (Lipinski definition) is 2. The van der Waals surface area contributed by atoms with Crippen molar-refractivity contribution >= 4 is 40.6 Å². The summed E-state index contributed by atoms with van der Waals surface area (Å²) < 4.78 is 0. The maximum atomic E-state index is 12.8. The summed E-state index contributed by atoms with van der Waals surface area (Å²) in [7, 11) is 0. The summed E-state index contributed by atoms with van der Waals surface area (Å²) in [5.41, 5.74) is 0.644. The van der Waals surface area contributed by atoms with Gasteiger partial charge in [-0.15, -0.1) is 10.2 Å². The number of rotatable bonds is 4. The van der Waals surface area contributed by atoms with E-state index in [-0.39, 0.29) is 29.0 Å². The molecule has 0 spiro atoms. The summed E-state index contributed by atoms with van der Waals surface area (Å²) in [5, 5.41) is 15.9. The summed E-state index contributed by atoms with van der Waals surface area (Å²) in [6, 6.07) is 7.02. The van der Waals surface area contributed by atoms with Gasteiger partial charge in [-0.05, 0) is 49.9 Å². The van der Waals surface area contributed by atoms with Crippen molar-refractivity contribution in [1.82, 2.24) is 20.4 Å². The van der Waals surface area contributed by atoms with Gasteiger partial charge >= 0.3 is 6.03 Å². The summed E-state index contributed by atoms with van der Waals surface area (Å²) in [6.45, 7) is 0.703. The number of nitrogens with zero attached hydrogens (tertiary/aromatic N) is 3. The van der Waals surface area contributed by atoms with E-state index in [0.717, 1.165) is 25.7 Å². The quantitative estimate of drug-likeness (QED) is 0.736. The van der Waals surface area contributed by atoms with Crippen molar-refractivity contribution in [2.75, 3.05) is 11.9 Å². The molecule has 1 aliphatic heterocycles. The summed E-state index contributed by atoms with van der Waals surface area (Å²) in [6.07, 6.45) is 7.48. The first-order valence-electron chi connectivity index (χ1n) is 10.1. The molecule has 0 radical (unpaired) electrons. The largest absolute Gasteiger partial charge is 0.335 e. The molecule has 1 atom stereocenters. The minimum absolute atomic E-state index is 0.0261. The molecule has 2 heterocycles. The molecule has 2 N–H and O–H groups in total. The Bertz CT molecular complexity index is 866. The number of amides is 3. The molecule has 2 aliphatic rings. The number of urea groups is 1. The van der Waals surface area contributed by atoms with Crippen LogP contribution in [0.3, 0.4) is 0 Å². The third-order valence-electron chi connectivity index (χ3n) is 5.47. The van der Waals surface area contributed by atoms with E-state index < -0.39 is 0 Å². The third kappa shape index (κ3) is 4.87. The molecule has 1 saturated heterocycles. The fourth-order valence-electron chi connectivity index (χ4n) is 3.95. The number of carbonyl (C=O) groups is 2. The molecule has 29 heavy (non-hydrogen) atoms. The van der Waals surface area contributed by atoms with Crippen molar-refractivity contribution in [3.63, 3.8) is 0 Å². The molecular weight excluding hydrogens is 410 g/mol. The van der Waals surface area contributed by atoms with E-state index >= 15 is 0 Å². The van der Waals surface area contributed by atoms with Gasteiger partial charge in [0.2, 0.25) is 5.01 Å². The van der Waals surface area contributed by atoms with Gasteiger partial charge in [-0.3, -0.25) is 4.79 Å². The molecule has 2 fully saturated rings. The number of halogens is 1. The van der Waals surface area contributed by atoms with E-state index in [1.54, 1.807) is 24.3 Å². The van der Waals surface area contributed by atoms with Crippen LogP contribution in [0.4, 0.5) is 10.5 Å². The molecule has 1 unspecified atom stereocenters. The topological polar surface area (TPSA) is 87.2 Å². The molecular formula is C20H24ClN5O2S. The highest BCUT2D eigenvalue weighted by Crippen LogP contribution is 2.34. The van der Waals surface area contributed by atoms with Crippen molar-refractivity contribution in [2.24, 2.45) is 0 Å². The van der Waals surface area contributed by atoms with Crippen LogP contribution in [0.1, 0.15) is 65.8 Å². The molecule has 1 aliphatic carbocycles. The van der Waals surface area contributed by atoms with Crippen LogP contribution in [0.5, 0.6) is 0 Å². The fraction of sp³-hybridized carbons (Fsp3) is 0.500. The Morgan fingerprint density at radius 1 is 1.03 bits per heavy atom. The van der Waals surface area contributed by atoms with Gasteiger partial charge in [0.15, 0.2) is 0 Å². The van der Waals surface area contributed by atoms with E-state index in [2.05, 4.69) is 20.8 Å². The second kappa shape index (κ2) is 9.09. The average molecular weight is 434 g/mol. The monoisotopic (exact) mass is 433 g/mol. The Morgan fingerprint density at radius 2 is 1.79 bits per heavy atom. The van der Waals surface area contributed by atoms with Gasteiger partial charge < -0.3 is 15.5 Å². The lowest BCUT2D eigenvalue weighted by molar-refractivity contribution is 0.102. The summed E-state index contributed by atoms with van der Waals surface area (Å²) >= 11 is 7.12. The smallest absolute Gasteiger partial charge is 0.318 e. The van der Waals surface area contributed by atoms with E-state index in [9.17, 15) is 9.59 Å². The van der Waals surface area contributed by atoms with E-state index in [0.29, 0.717) is 22.3 Å². The van der Waals surface area contributed by atoms with Gasteiger partial charge in [-0.25, -0.2) is 4.79 Å². The van der Waals surface area contributed by atoms with Crippen molar-refractivity contribution in [3.05, 3.63) is 39.3 Å². The van der Waals surface area contributed by atoms with Gasteiger partial charge in [0.05, 0.1) is 6.04 Å². The molecule has 154 valence electrons. The second-order valence-electron chi connectivity index (χ2n) is 7.54. The zero-order valence-electron chi connectivity index (χ0n) is 16.1. The average Bonchev–Trinajstić information content (AvgIpc) is 3.40. The zero-order valence-corrected chi connectivity index (χ0v) is 17.6. The lowest BCUT2D eigenvalue weighted by Crippen LogP contribution is -2.45. The first kappa shape index (κ1) is 20.1. The molecule has 3 amide bonds. The van der Waals surface area contributed by atoms with Crippen LogP contribution in [0.25, 0.3) is 0 Å². The predicted molar refractivity (Wildman–Crippen MR) is 113 cm³/mol. The predicted octanol–water partition coefficient (Wildman–Crippen LogP) is 4.62. The van der Waals surface area contributed by atoms with Gasteiger partial charge in [-0.2, -0.15) is 0 Å². The molecule has 2 aromatic rings. The van der Waals surface area contributed by atoms with Crippen molar-refractivity contribution in [3.8, 4) is 0 Å². The molecule has 1 aromatic heterocycles. The van der Waals surface area contributed by atoms with Crippen molar-refractivity contribution in [2.45, 2.75) is 57.0 Å². The Morgan fingerprint density at radius 3 is 2.55 bits per heavy atom. The fourth-order valence-corrected chi connectivity index (χ4v) is 4.96. The standard InChI is InChI=1S/C20H24ClN5O2S/c21-13-8-10-15(11-9-13)22-17(27)19-25-24-18(29-19)16-7-4-12-26(16)20(28)23-14-5-2-1-3-6-14/h8-11,14,16H,1-7,12H2,(H,22,27)(H,23,28). The zero-order chi connectivity index (χ0) is 20.2. The summed E-state index contributed by atoms with van der Waals surface area (Å²) in [5.74, 6) is -0.313. The number of aromatic nitrogens is 2. The Hall–Kier alpha value is -2.19. The summed E-state index contributed by atoms with van der Waals surface area (Å²) in [4.78, 5) is 27.1. The number of anilines is 1. The SMILES string of the molecule is O=C(Nc1ccc(Cl)cc1)c1nnc(C2CCCN2C(=O)NC2CCCCC2)s1. The lowest BCUT2D eigenvalue weighted by Gasteiger charge is -2.28.